The van der Waals surface area contributed by atoms with Gasteiger partial charge in [0.1, 0.15) is 5.82 Å². The van der Waals surface area contributed by atoms with Gasteiger partial charge in [0.2, 0.25) is 0 Å². The zero-order chi connectivity index (χ0) is 18.4. The lowest BCUT2D eigenvalue weighted by molar-refractivity contribution is 0.0846. The van der Waals surface area contributed by atoms with Crippen LogP contribution in [0.5, 0.6) is 11.5 Å². The molecule has 0 aliphatic rings. The molecule has 132 valence electrons. The number of hydrogen-bond donors (Lipinski definition) is 2. The molecule has 0 saturated heterocycles. The summed E-state index contributed by atoms with van der Waals surface area (Å²) >= 11 is 5.80. The van der Waals surface area contributed by atoms with Crippen LogP contribution < -0.4 is 20.3 Å². The van der Waals surface area contributed by atoms with E-state index < -0.39 is 17.6 Å². The van der Waals surface area contributed by atoms with E-state index in [1.54, 1.807) is 6.07 Å². The van der Waals surface area contributed by atoms with Crippen molar-refractivity contribution in [2.75, 3.05) is 13.7 Å². The smallest absolute Gasteiger partial charge is 0.271 e. The average molecular weight is 367 g/mol. The van der Waals surface area contributed by atoms with Gasteiger partial charge in [0, 0.05) is 5.56 Å². The summed E-state index contributed by atoms with van der Waals surface area (Å²) in [7, 11) is 1.46. The molecule has 2 N–H and O–H groups in total. The predicted molar refractivity (Wildman–Crippen MR) is 90.5 cm³/mol. The van der Waals surface area contributed by atoms with Gasteiger partial charge in [-0.2, -0.15) is 0 Å². The molecule has 25 heavy (non-hydrogen) atoms. The molecule has 2 aromatic carbocycles. The third-order valence-corrected chi connectivity index (χ3v) is 3.50. The second kappa shape index (κ2) is 8.34. The Morgan fingerprint density at radius 3 is 2.44 bits per heavy atom. The van der Waals surface area contributed by atoms with E-state index in [0.29, 0.717) is 18.1 Å². The van der Waals surface area contributed by atoms with Crippen molar-refractivity contribution in [3.63, 3.8) is 0 Å². The lowest BCUT2D eigenvalue weighted by Crippen LogP contribution is -2.41. The fraction of sp³-hybridized carbons (Fsp3) is 0.176. The number of hydrazine groups is 1. The van der Waals surface area contributed by atoms with Gasteiger partial charge in [-0.1, -0.05) is 11.6 Å². The number of hydrogen-bond acceptors (Lipinski definition) is 4. The van der Waals surface area contributed by atoms with Crippen molar-refractivity contribution in [3.8, 4) is 11.5 Å². The molecule has 0 aromatic heterocycles. The molecule has 0 aliphatic carbocycles. The minimum atomic E-state index is -0.670. The van der Waals surface area contributed by atoms with Crippen LogP contribution >= 0.6 is 11.6 Å². The lowest BCUT2D eigenvalue weighted by atomic mass is 10.2. The molecule has 0 saturated carbocycles. The second-order valence-electron chi connectivity index (χ2n) is 4.83. The molecule has 0 atom stereocenters. The first-order chi connectivity index (χ1) is 12.0. The van der Waals surface area contributed by atoms with Gasteiger partial charge in [-0.05, 0) is 43.3 Å². The van der Waals surface area contributed by atoms with Crippen molar-refractivity contribution >= 4 is 23.4 Å². The molecule has 0 fully saturated rings. The van der Waals surface area contributed by atoms with Crippen LogP contribution in [0.1, 0.15) is 27.6 Å². The Labute approximate surface area is 148 Å². The van der Waals surface area contributed by atoms with Crippen LogP contribution in [0.15, 0.2) is 36.4 Å². The van der Waals surface area contributed by atoms with Crippen molar-refractivity contribution in [1.82, 2.24) is 10.9 Å². The Kier molecular flexibility index (Phi) is 6.19. The standard InChI is InChI=1S/C17H16ClFN2O4/c1-3-25-14-7-4-10(8-15(14)24-2)16(22)20-21-17(23)12-6-5-11(19)9-13(12)18/h4-9H,3H2,1-2H3,(H,20,22)(H,21,23). The second-order valence-corrected chi connectivity index (χ2v) is 5.24. The lowest BCUT2D eigenvalue weighted by Gasteiger charge is -2.12. The Morgan fingerprint density at radius 2 is 1.80 bits per heavy atom. The van der Waals surface area contributed by atoms with Gasteiger partial charge in [-0.25, -0.2) is 4.39 Å². The van der Waals surface area contributed by atoms with Crippen LogP contribution in [0.2, 0.25) is 5.02 Å². The van der Waals surface area contributed by atoms with E-state index in [1.807, 2.05) is 6.92 Å². The molecule has 0 unspecified atom stereocenters. The predicted octanol–water partition coefficient (Wildman–Crippen LogP) is 2.96. The summed E-state index contributed by atoms with van der Waals surface area (Å²) in [6.07, 6.45) is 0. The van der Waals surface area contributed by atoms with Gasteiger partial charge >= 0.3 is 0 Å². The van der Waals surface area contributed by atoms with Gasteiger partial charge in [0.15, 0.2) is 11.5 Å². The van der Waals surface area contributed by atoms with E-state index in [2.05, 4.69) is 10.9 Å². The van der Waals surface area contributed by atoms with E-state index in [9.17, 15) is 14.0 Å². The molecule has 2 amide bonds. The first-order valence-electron chi connectivity index (χ1n) is 7.32. The third kappa shape index (κ3) is 4.60. The highest BCUT2D eigenvalue weighted by molar-refractivity contribution is 6.33. The number of amides is 2. The van der Waals surface area contributed by atoms with E-state index in [4.69, 9.17) is 21.1 Å². The Hall–Kier alpha value is -2.80. The molecule has 8 heteroatoms. The fourth-order valence-corrected chi connectivity index (χ4v) is 2.26. The van der Waals surface area contributed by atoms with Crippen LogP contribution in [0.3, 0.4) is 0 Å². The molecule has 2 rings (SSSR count). The highest BCUT2D eigenvalue weighted by Crippen LogP contribution is 2.27. The van der Waals surface area contributed by atoms with Crippen molar-refractivity contribution in [1.29, 1.82) is 0 Å². The summed E-state index contributed by atoms with van der Waals surface area (Å²) in [5, 5.41) is -0.0607. The van der Waals surface area contributed by atoms with E-state index in [1.165, 1.54) is 25.3 Å². The van der Waals surface area contributed by atoms with Crippen LogP contribution in [-0.4, -0.2) is 25.5 Å². The fourth-order valence-electron chi connectivity index (χ4n) is 2.01. The molecular weight excluding hydrogens is 351 g/mol. The van der Waals surface area contributed by atoms with Crippen LogP contribution in [0.4, 0.5) is 4.39 Å². The number of rotatable bonds is 5. The van der Waals surface area contributed by atoms with Gasteiger partial charge in [-0.15, -0.1) is 0 Å². The van der Waals surface area contributed by atoms with Gasteiger partial charge in [-0.3, -0.25) is 20.4 Å². The Morgan fingerprint density at radius 1 is 1.08 bits per heavy atom. The first-order valence-corrected chi connectivity index (χ1v) is 7.70. The van der Waals surface area contributed by atoms with E-state index in [-0.39, 0.29) is 16.1 Å². The molecule has 0 bridgehead atoms. The zero-order valence-electron chi connectivity index (χ0n) is 13.6. The van der Waals surface area contributed by atoms with Gasteiger partial charge in [0.25, 0.3) is 11.8 Å². The van der Waals surface area contributed by atoms with Crippen LogP contribution in [0.25, 0.3) is 0 Å². The molecule has 0 radical (unpaired) electrons. The molecule has 0 heterocycles. The molecular formula is C17H16ClFN2O4. The topological polar surface area (TPSA) is 76.7 Å². The minimum absolute atomic E-state index is 0.0349. The average Bonchev–Trinajstić information content (AvgIpc) is 2.60. The highest BCUT2D eigenvalue weighted by Gasteiger charge is 2.14. The van der Waals surface area contributed by atoms with Crippen molar-refractivity contribution < 1.29 is 23.5 Å². The number of ether oxygens (including phenoxy) is 2. The summed E-state index contributed by atoms with van der Waals surface area (Å²) in [6, 6.07) is 7.93. The molecule has 0 spiro atoms. The highest BCUT2D eigenvalue weighted by atomic mass is 35.5. The normalized spacial score (nSPS) is 10.1. The molecule has 6 nitrogen and oxygen atoms in total. The first kappa shape index (κ1) is 18.5. The monoisotopic (exact) mass is 366 g/mol. The summed E-state index contributed by atoms with van der Waals surface area (Å²) in [4.78, 5) is 24.1. The summed E-state index contributed by atoms with van der Waals surface area (Å²) < 4.78 is 23.5. The molecule has 0 aliphatic heterocycles. The summed E-state index contributed by atoms with van der Waals surface area (Å²) in [5.74, 6) is -0.901. The Balaban J connectivity index is 2.05. The quantitative estimate of drug-likeness (QED) is 0.798. The number of nitrogens with one attached hydrogen (secondary N) is 2. The largest absolute Gasteiger partial charge is 0.493 e. The van der Waals surface area contributed by atoms with Crippen molar-refractivity contribution in [3.05, 3.63) is 58.4 Å². The van der Waals surface area contributed by atoms with Crippen molar-refractivity contribution in [2.45, 2.75) is 6.92 Å². The van der Waals surface area contributed by atoms with Crippen LogP contribution in [-0.2, 0) is 0 Å². The third-order valence-electron chi connectivity index (χ3n) is 3.19. The number of carbonyl (C=O) groups excluding carboxylic acids is 2. The maximum atomic E-state index is 13.0. The van der Waals surface area contributed by atoms with Crippen molar-refractivity contribution in [2.24, 2.45) is 0 Å². The molecule has 2 aromatic rings. The summed E-state index contributed by atoms with van der Waals surface area (Å²) in [5.41, 5.74) is 4.76. The summed E-state index contributed by atoms with van der Waals surface area (Å²) in [6.45, 7) is 2.28. The van der Waals surface area contributed by atoms with E-state index in [0.717, 1.165) is 12.1 Å². The number of halogens is 2. The van der Waals surface area contributed by atoms with E-state index >= 15 is 0 Å². The van der Waals surface area contributed by atoms with Gasteiger partial charge in [0.05, 0.1) is 24.3 Å². The van der Waals surface area contributed by atoms with Gasteiger partial charge < -0.3 is 9.47 Å². The maximum Gasteiger partial charge on any atom is 0.271 e. The number of carbonyl (C=O) groups is 2. The minimum Gasteiger partial charge on any atom is -0.493 e. The zero-order valence-corrected chi connectivity index (χ0v) is 14.3. The number of benzene rings is 2. The number of methoxy groups -OCH3 is 1. The SMILES string of the molecule is CCOc1ccc(C(=O)NNC(=O)c2ccc(F)cc2Cl)cc1OC. The maximum absolute atomic E-state index is 13.0. The van der Waals surface area contributed by atoms with Crippen LogP contribution in [0, 0.1) is 5.82 Å². The Bertz CT molecular complexity index is 798.